The Hall–Kier alpha value is -2.59. The Kier molecular flexibility index (Phi) is 7.14. The van der Waals surface area contributed by atoms with Gasteiger partial charge in [0, 0.05) is 13.1 Å². The number of ether oxygens (including phenoxy) is 1. The van der Waals surface area contributed by atoms with Crippen molar-refractivity contribution in [3.63, 3.8) is 0 Å². The normalized spacial score (nSPS) is 17.7. The van der Waals surface area contributed by atoms with E-state index in [1.807, 2.05) is 6.92 Å². The summed E-state index contributed by atoms with van der Waals surface area (Å²) in [4.78, 5) is 12.8. The van der Waals surface area contributed by atoms with Crippen molar-refractivity contribution in [1.82, 2.24) is 4.31 Å². The van der Waals surface area contributed by atoms with Gasteiger partial charge in [-0.25, -0.2) is 8.42 Å². The zero-order chi connectivity index (χ0) is 23.5. The Balaban J connectivity index is 1.77. The number of aryl methyl sites for hydroxylation is 1. The van der Waals surface area contributed by atoms with Gasteiger partial charge in [-0.1, -0.05) is 12.1 Å². The lowest BCUT2D eigenvalue weighted by Gasteiger charge is -2.31. The number of amides is 1. The Morgan fingerprint density at radius 3 is 2.59 bits per heavy atom. The van der Waals surface area contributed by atoms with Crippen LogP contribution in [0.2, 0.25) is 0 Å². The second kappa shape index (κ2) is 9.50. The second-order valence-electron chi connectivity index (χ2n) is 7.60. The lowest BCUT2D eigenvalue weighted by atomic mass is 9.98. The van der Waals surface area contributed by atoms with E-state index in [0.717, 1.165) is 6.07 Å². The van der Waals surface area contributed by atoms with Crippen LogP contribution < -0.4 is 10.1 Å². The summed E-state index contributed by atoms with van der Waals surface area (Å²) in [5, 5.41) is 2.33. The van der Waals surface area contributed by atoms with Crippen molar-refractivity contribution in [2.24, 2.45) is 5.92 Å². The molecule has 0 saturated carbocycles. The Labute approximate surface area is 185 Å². The summed E-state index contributed by atoms with van der Waals surface area (Å²) in [6, 6.07) is 9.28. The zero-order valence-corrected chi connectivity index (χ0v) is 18.6. The van der Waals surface area contributed by atoms with Crippen LogP contribution in [-0.2, 0) is 21.0 Å². The molecule has 1 fully saturated rings. The van der Waals surface area contributed by atoms with Crippen molar-refractivity contribution >= 4 is 21.6 Å². The number of carbonyl (C=O) groups is 1. The van der Waals surface area contributed by atoms with Gasteiger partial charge in [-0.2, -0.15) is 17.5 Å². The van der Waals surface area contributed by atoms with Gasteiger partial charge in [-0.3, -0.25) is 4.79 Å². The number of nitrogens with zero attached hydrogens (tertiary/aromatic N) is 1. The molecule has 6 nitrogen and oxygen atoms in total. The molecule has 1 heterocycles. The fourth-order valence-corrected chi connectivity index (χ4v) is 5.31. The number of hydrogen-bond acceptors (Lipinski definition) is 4. The average molecular weight is 471 g/mol. The van der Waals surface area contributed by atoms with Crippen LogP contribution >= 0.6 is 0 Å². The third-order valence-corrected chi connectivity index (χ3v) is 7.19. The Bertz CT molecular complexity index is 1090. The lowest BCUT2D eigenvalue weighted by Crippen LogP contribution is -2.43. The largest absolute Gasteiger partial charge is 0.494 e. The van der Waals surface area contributed by atoms with Crippen molar-refractivity contribution in [3.8, 4) is 5.75 Å². The summed E-state index contributed by atoms with van der Waals surface area (Å²) in [5.41, 5.74) is -0.617. The van der Waals surface area contributed by atoms with Crippen molar-refractivity contribution in [2.45, 2.75) is 37.8 Å². The molecule has 1 aliphatic rings. The van der Waals surface area contributed by atoms with E-state index in [-0.39, 0.29) is 23.7 Å². The fraction of sp³-hybridized carbons (Fsp3) is 0.409. The standard InChI is InChI=1S/C22H25F3N2O4S/c1-3-31-20-11-10-17(13-15(20)2)32(29,30)27-12-6-7-16(14-27)21(28)26-19-9-5-4-8-18(19)22(23,24)25/h4-5,8-11,13,16H,3,6-7,12,14H2,1-2H3,(H,26,28)/t16-/m1/s1. The number of hydrogen-bond donors (Lipinski definition) is 1. The van der Waals surface area contributed by atoms with E-state index >= 15 is 0 Å². The molecular formula is C22H25F3N2O4S. The molecule has 1 saturated heterocycles. The van der Waals surface area contributed by atoms with Gasteiger partial charge in [0.15, 0.2) is 0 Å². The van der Waals surface area contributed by atoms with Crippen LogP contribution in [0.3, 0.4) is 0 Å². The van der Waals surface area contributed by atoms with Crippen molar-refractivity contribution in [2.75, 3.05) is 25.0 Å². The Morgan fingerprint density at radius 1 is 1.22 bits per heavy atom. The number of alkyl halides is 3. The smallest absolute Gasteiger partial charge is 0.418 e. The zero-order valence-electron chi connectivity index (χ0n) is 17.8. The predicted molar refractivity (Wildman–Crippen MR) is 114 cm³/mol. The monoisotopic (exact) mass is 470 g/mol. The van der Waals surface area contributed by atoms with E-state index in [0.29, 0.717) is 30.8 Å². The molecule has 1 amide bonds. The molecule has 0 unspecified atom stereocenters. The minimum atomic E-state index is -4.61. The van der Waals surface area contributed by atoms with Crippen LogP contribution in [0.4, 0.5) is 18.9 Å². The number of sulfonamides is 1. The summed E-state index contributed by atoms with van der Waals surface area (Å²) in [6.45, 7) is 4.16. The number of piperidine rings is 1. The van der Waals surface area contributed by atoms with E-state index in [1.54, 1.807) is 13.0 Å². The minimum Gasteiger partial charge on any atom is -0.494 e. The summed E-state index contributed by atoms with van der Waals surface area (Å²) in [5.74, 6) is -0.807. The molecule has 2 aromatic carbocycles. The number of benzene rings is 2. The molecule has 32 heavy (non-hydrogen) atoms. The molecule has 1 atom stereocenters. The van der Waals surface area contributed by atoms with Crippen LogP contribution in [0, 0.1) is 12.8 Å². The number of halogens is 3. The minimum absolute atomic E-state index is 0.0851. The average Bonchev–Trinajstić information content (AvgIpc) is 2.75. The van der Waals surface area contributed by atoms with Gasteiger partial charge < -0.3 is 10.1 Å². The highest BCUT2D eigenvalue weighted by Gasteiger charge is 2.36. The van der Waals surface area contributed by atoms with Crippen molar-refractivity contribution < 1.29 is 31.1 Å². The molecule has 0 aliphatic carbocycles. The summed E-state index contributed by atoms with van der Waals surface area (Å²) >= 11 is 0. The van der Waals surface area contributed by atoms with Crippen molar-refractivity contribution in [1.29, 1.82) is 0 Å². The van der Waals surface area contributed by atoms with Gasteiger partial charge in [0.05, 0.1) is 28.7 Å². The van der Waals surface area contributed by atoms with E-state index in [9.17, 15) is 26.4 Å². The van der Waals surface area contributed by atoms with Gasteiger partial charge in [0.25, 0.3) is 0 Å². The number of para-hydroxylation sites is 1. The molecule has 3 rings (SSSR count). The van der Waals surface area contributed by atoms with Gasteiger partial charge in [-0.05, 0) is 62.6 Å². The molecule has 0 radical (unpaired) electrons. The van der Waals surface area contributed by atoms with Gasteiger partial charge in [0.1, 0.15) is 5.75 Å². The highest BCUT2D eigenvalue weighted by atomic mass is 32.2. The second-order valence-corrected chi connectivity index (χ2v) is 9.53. The number of rotatable bonds is 6. The molecule has 0 aromatic heterocycles. The van der Waals surface area contributed by atoms with E-state index < -0.39 is 33.6 Å². The predicted octanol–water partition coefficient (Wildman–Crippen LogP) is 4.45. The molecule has 10 heteroatoms. The van der Waals surface area contributed by atoms with Crippen LogP contribution in [0.25, 0.3) is 0 Å². The fourth-order valence-electron chi connectivity index (χ4n) is 3.70. The first-order valence-electron chi connectivity index (χ1n) is 10.2. The maximum Gasteiger partial charge on any atom is 0.418 e. The molecule has 1 N–H and O–H groups in total. The molecule has 0 bridgehead atoms. The highest BCUT2D eigenvalue weighted by molar-refractivity contribution is 7.89. The topological polar surface area (TPSA) is 75.7 Å². The van der Waals surface area contributed by atoms with Crippen LogP contribution in [0.1, 0.15) is 30.9 Å². The van der Waals surface area contributed by atoms with Gasteiger partial charge >= 0.3 is 6.18 Å². The maximum absolute atomic E-state index is 13.2. The third kappa shape index (κ3) is 5.24. The molecule has 174 valence electrons. The van der Waals surface area contributed by atoms with Crippen molar-refractivity contribution in [3.05, 3.63) is 53.6 Å². The first-order valence-corrected chi connectivity index (χ1v) is 11.7. The number of carbonyl (C=O) groups excluding carboxylic acids is 1. The van der Waals surface area contributed by atoms with E-state index in [1.165, 1.54) is 34.6 Å². The maximum atomic E-state index is 13.2. The van der Waals surface area contributed by atoms with Gasteiger partial charge in [-0.15, -0.1) is 0 Å². The SMILES string of the molecule is CCOc1ccc(S(=O)(=O)N2CCC[C@@H](C(=O)Nc3ccccc3C(F)(F)F)C2)cc1C. The molecule has 0 spiro atoms. The van der Waals surface area contributed by atoms with Crippen LogP contribution in [0.15, 0.2) is 47.4 Å². The van der Waals surface area contributed by atoms with E-state index in [2.05, 4.69) is 5.32 Å². The summed E-state index contributed by atoms with van der Waals surface area (Å²) < 4.78 is 72.5. The van der Waals surface area contributed by atoms with E-state index in [4.69, 9.17) is 4.74 Å². The van der Waals surface area contributed by atoms with Crippen LogP contribution in [-0.4, -0.2) is 38.3 Å². The molecular weight excluding hydrogens is 445 g/mol. The third-order valence-electron chi connectivity index (χ3n) is 5.33. The number of nitrogens with one attached hydrogen (secondary N) is 1. The summed E-state index contributed by atoms with van der Waals surface area (Å²) in [7, 11) is -3.87. The first-order chi connectivity index (χ1) is 15.0. The first kappa shape index (κ1) is 24.1. The molecule has 2 aromatic rings. The quantitative estimate of drug-likeness (QED) is 0.677. The summed E-state index contributed by atoms with van der Waals surface area (Å²) in [6.07, 6.45) is -3.81. The van der Waals surface area contributed by atoms with Gasteiger partial charge in [0.2, 0.25) is 15.9 Å². The Morgan fingerprint density at radius 2 is 1.94 bits per heavy atom. The number of anilines is 1. The highest BCUT2D eigenvalue weighted by Crippen LogP contribution is 2.35. The lowest BCUT2D eigenvalue weighted by molar-refractivity contribution is -0.137. The van der Waals surface area contributed by atoms with Crippen LogP contribution in [0.5, 0.6) is 5.75 Å². The molecule has 1 aliphatic heterocycles.